The number of rotatable bonds is 4. The number of non-ortho nitro benzene ring substituents is 1. The van der Waals surface area contributed by atoms with Crippen molar-refractivity contribution in [3.8, 4) is 0 Å². The average Bonchev–Trinajstić information content (AvgIpc) is 2.18. The molecular weight excluding hydrogens is 180 g/mol. The summed E-state index contributed by atoms with van der Waals surface area (Å²) in [6, 6.07) is 6.69. The van der Waals surface area contributed by atoms with Crippen LogP contribution in [0.15, 0.2) is 24.3 Å². The molecule has 4 nitrogen and oxygen atoms in total. The molecule has 0 saturated heterocycles. The molecule has 0 saturated carbocycles. The number of hydrogen-bond donors (Lipinski definition) is 1. The van der Waals surface area contributed by atoms with Gasteiger partial charge in [0, 0.05) is 12.1 Å². The van der Waals surface area contributed by atoms with E-state index in [-0.39, 0.29) is 10.6 Å². The Labute approximate surface area is 82.9 Å². The highest BCUT2D eigenvalue weighted by atomic mass is 16.6. The highest BCUT2D eigenvalue weighted by Crippen LogP contribution is 2.15. The van der Waals surface area contributed by atoms with Gasteiger partial charge in [0.25, 0.3) is 5.69 Å². The summed E-state index contributed by atoms with van der Waals surface area (Å²) >= 11 is 0. The van der Waals surface area contributed by atoms with Crippen molar-refractivity contribution in [3.05, 3.63) is 39.9 Å². The van der Waals surface area contributed by atoms with Crippen LogP contribution < -0.4 is 5.73 Å². The first kappa shape index (κ1) is 10.7. The Bertz CT molecular complexity index is 326. The molecule has 0 aliphatic carbocycles. The van der Waals surface area contributed by atoms with E-state index in [1.165, 1.54) is 6.07 Å². The Kier molecular flexibility index (Phi) is 3.59. The van der Waals surface area contributed by atoms with E-state index < -0.39 is 0 Å². The molecular formula is C10H14N2O2. The first-order valence-corrected chi connectivity index (χ1v) is 4.57. The number of nitro groups is 1. The smallest absolute Gasteiger partial charge is 0.269 e. The summed E-state index contributed by atoms with van der Waals surface area (Å²) in [5.41, 5.74) is 6.60. The maximum absolute atomic E-state index is 10.5. The molecule has 1 aromatic carbocycles. The van der Waals surface area contributed by atoms with Crippen molar-refractivity contribution in [1.82, 2.24) is 0 Å². The molecule has 0 heterocycles. The molecule has 0 aliphatic rings. The molecule has 0 radical (unpaired) electrons. The van der Waals surface area contributed by atoms with Gasteiger partial charge in [0.05, 0.1) is 4.92 Å². The summed E-state index contributed by atoms with van der Waals surface area (Å²) < 4.78 is 0. The van der Waals surface area contributed by atoms with Crippen molar-refractivity contribution in [2.75, 3.05) is 6.54 Å². The summed E-state index contributed by atoms with van der Waals surface area (Å²) in [5, 5.41) is 10.5. The quantitative estimate of drug-likeness (QED) is 0.586. The minimum atomic E-state index is -0.378. The van der Waals surface area contributed by atoms with Gasteiger partial charge >= 0.3 is 0 Å². The SMILES string of the molecule is C[C@H](CN)Cc1cccc([N+](=O)[O-])c1. The van der Waals surface area contributed by atoms with Crippen LogP contribution in [0.2, 0.25) is 0 Å². The Balaban J connectivity index is 2.78. The van der Waals surface area contributed by atoms with Crippen molar-refractivity contribution in [1.29, 1.82) is 0 Å². The van der Waals surface area contributed by atoms with Gasteiger partial charge in [-0.25, -0.2) is 0 Å². The van der Waals surface area contributed by atoms with Crippen LogP contribution in [0.1, 0.15) is 12.5 Å². The predicted molar refractivity (Wildman–Crippen MR) is 55.0 cm³/mol. The lowest BCUT2D eigenvalue weighted by Gasteiger charge is -2.07. The van der Waals surface area contributed by atoms with E-state index in [4.69, 9.17) is 5.73 Å². The molecule has 0 unspecified atom stereocenters. The van der Waals surface area contributed by atoms with Gasteiger partial charge in [-0.3, -0.25) is 10.1 Å². The van der Waals surface area contributed by atoms with E-state index >= 15 is 0 Å². The second-order valence-electron chi connectivity index (χ2n) is 3.47. The molecule has 14 heavy (non-hydrogen) atoms. The highest BCUT2D eigenvalue weighted by Gasteiger charge is 2.07. The van der Waals surface area contributed by atoms with Crippen molar-refractivity contribution < 1.29 is 4.92 Å². The minimum Gasteiger partial charge on any atom is -0.330 e. The summed E-state index contributed by atoms with van der Waals surface area (Å²) in [7, 11) is 0. The third-order valence-corrected chi connectivity index (χ3v) is 2.11. The van der Waals surface area contributed by atoms with E-state index in [0.717, 1.165) is 12.0 Å². The van der Waals surface area contributed by atoms with Gasteiger partial charge in [0.1, 0.15) is 0 Å². The third kappa shape index (κ3) is 2.81. The predicted octanol–water partition coefficient (Wildman–Crippen LogP) is 1.73. The largest absolute Gasteiger partial charge is 0.330 e. The van der Waals surface area contributed by atoms with Crippen LogP contribution in [-0.4, -0.2) is 11.5 Å². The Morgan fingerprint density at radius 1 is 1.57 bits per heavy atom. The molecule has 0 amide bonds. The first-order valence-electron chi connectivity index (χ1n) is 4.57. The van der Waals surface area contributed by atoms with Crippen LogP contribution in [0.4, 0.5) is 5.69 Å². The summed E-state index contributed by atoms with van der Waals surface area (Å²) in [5.74, 6) is 0.358. The molecule has 76 valence electrons. The van der Waals surface area contributed by atoms with Gasteiger partial charge in [-0.1, -0.05) is 19.1 Å². The first-order chi connectivity index (χ1) is 6.63. The molecule has 4 heteroatoms. The van der Waals surface area contributed by atoms with E-state index in [2.05, 4.69) is 0 Å². The lowest BCUT2D eigenvalue weighted by molar-refractivity contribution is -0.384. The third-order valence-electron chi connectivity index (χ3n) is 2.11. The maximum atomic E-state index is 10.5. The highest BCUT2D eigenvalue weighted by molar-refractivity contribution is 5.34. The summed E-state index contributed by atoms with van der Waals surface area (Å²) in [6.45, 7) is 2.63. The van der Waals surface area contributed by atoms with Crippen molar-refractivity contribution in [3.63, 3.8) is 0 Å². The summed E-state index contributed by atoms with van der Waals surface area (Å²) in [4.78, 5) is 10.1. The van der Waals surface area contributed by atoms with Crippen molar-refractivity contribution in [2.45, 2.75) is 13.3 Å². The molecule has 0 aliphatic heterocycles. The summed E-state index contributed by atoms with van der Waals surface area (Å²) in [6.07, 6.45) is 0.790. The second kappa shape index (κ2) is 4.72. The molecule has 2 N–H and O–H groups in total. The lowest BCUT2D eigenvalue weighted by Crippen LogP contribution is -2.13. The lowest BCUT2D eigenvalue weighted by atomic mass is 10.0. The zero-order valence-electron chi connectivity index (χ0n) is 8.14. The molecule has 1 aromatic rings. The van der Waals surface area contributed by atoms with E-state index in [1.807, 2.05) is 13.0 Å². The van der Waals surface area contributed by atoms with Crippen LogP contribution >= 0.6 is 0 Å². The fourth-order valence-electron chi connectivity index (χ4n) is 1.28. The van der Waals surface area contributed by atoms with E-state index in [9.17, 15) is 10.1 Å². The second-order valence-corrected chi connectivity index (χ2v) is 3.47. The van der Waals surface area contributed by atoms with E-state index in [1.54, 1.807) is 12.1 Å². The molecule has 1 atom stereocenters. The Morgan fingerprint density at radius 3 is 2.86 bits per heavy atom. The van der Waals surface area contributed by atoms with Gasteiger partial charge in [-0.05, 0) is 24.4 Å². The van der Waals surface area contributed by atoms with Gasteiger partial charge in [-0.15, -0.1) is 0 Å². The van der Waals surface area contributed by atoms with Gasteiger partial charge < -0.3 is 5.73 Å². The Hall–Kier alpha value is -1.42. The maximum Gasteiger partial charge on any atom is 0.269 e. The molecule has 0 fully saturated rings. The van der Waals surface area contributed by atoms with Crippen LogP contribution in [0.3, 0.4) is 0 Å². The topological polar surface area (TPSA) is 69.2 Å². The standard InChI is InChI=1S/C10H14N2O2/c1-8(7-11)5-9-3-2-4-10(6-9)12(13)14/h2-4,6,8H,5,7,11H2,1H3/t8-/m0/s1. The molecule has 0 bridgehead atoms. The monoisotopic (exact) mass is 194 g/mol. The number of nitro benzene ring substituents is 1. The number of benzene rings is 1. The fourth-order valence-corrected chi connectivity index (χ4v) is 1.28. The zero-order valence-corrected chi connectivity index (χ0v) is 8.14. The zero-order chi connectivity index (χ0) is 10.6. The van der Waals surface area contributed by atoms with Crippen LogP contribution in [0, 0.1) is 16.0 Å². The molecule has 1 rings (SSSR count). The average molecular weight is 194 g/mol. The number of hydrogen-bond acceptors (Lipinski definition) is 3. The van der Waals surface area contributed by atoms with Crippen molar-refractivity contribution >= 4 is 5.69 Å². The van der Waals surface area contributed by atoms with Crippen LogP contribution in [0.5, 0.6) is 0 Å². The van der Waals surface area contributed by atoms with Crippen molar-refractivity contribution in [2.24, 2.45) is 11.7 Å². The number of nitrogens with zero attached hydrogens (tertiary/aromatic N) is 1. The molecule has 0 spiro atoms. The van der Waals surface area contributed by atoms with Gasteiger partial charge in [-0.2, -0.15) is 0 Å². The fraction of sp³-hybridized carbons (Fsp3) is 0.400. The van der Waals surface area contributed by atoms with Crippen LogP contribution in [-0.2, 0) is 6.42 Å². The van der Waals surface area contributed by atoms with Gasteiger partial charge in [0.15, 0.2) is 0 Å². The normalized spacial score (nSPS) is 12.4. The minimum absolute atomic E-state index is 0.145. The number of nitrogens with two attached hydrogens (primary N) is 1. The van der Waals surface area contributed by atoms with Gasteiger partial charge in [0.2, 0.25) is 0 Å². The molecule has 0 aromatic heterocycles. The Morgan fingerprint density at radius 2 is 2.29 bits per heavy atom. The van der Waals surface area contributed by atoms with E-state index in [0.29, 0.717) is 12.5 Å². The van der Waals surface area contributed by atoms with Crippen LogP contribution in [0.25, 0.3) is 0 Å².